The van der Waals surface area contributed by atoms with Crippen molar-refractivity contribution in [1.29, 1.82) is 0 Å². The fraction of sp³-hybridized carbons (Fsp3) is 0.571. The Bertz CT molecular complexity index is 778. The van der Waals surface area contributed by atoms with E-state index in [0.717, 1.165) is 24.2 Å². The van der Waals surface area contributed by atoms with Crippen molar-refractivity contribution >= 4 is 23.3 Å². The predicted molar refractivity (Wildman–Crippen MR) is 101 cm³/mol. The summed E-state index contributed by atoms with van der Waals surface area (Å²) in [6.07, 6.45) is -1.08. The van der Waals surface area contributed by atoms with E-state index >= 15 is 0 Å². The van der Waals surface area contributed by atoms with Crippen molar-refractivity contribution < 1.29 is 27.6 Å². The van der Waals surface area contributed by atoms with E-state index in [1.165, 1.54) is 6.92 Å². The minimum atomic E-state index is -4.92. The summed E-state index contributed by atoms with van der Waals surface area (Å²) in [6.45, 7) is 1.21. The number of carbonyl (C=O) groups is 3. The number of Topliss-reactive ketones (excluding diaryl/α,β-unsaturated/α-hetero) is 1. The van der Waals surface area contributed by atoms with E-state index in [1.54, 1.807) is 24.3 Å². The van der Waals surface area contributed by atoms with Crippen LogP contribution in [0.4, 0.5) is 18.9 Å². The summed E-state index contributed by atoms with van der Waals surface area (Å²) >= 11 is 0. The first-order chi connectivity index (χ1) is 13.7. The van der Waals surface area contributed by atoms with Gasteiger partial charge in [-0.05, 0) is 50.3 Å². The number of anilines is 1. The first-order valence-electron chi connectivity index (χ1n) is 9.98. The molecular weight excluding hydrogens is 385 g/mol. The molecule has 3 atom stereocenters. The Morgan fingerprint density at radius 1 is 1.17 bits per heavy atom. The van der Waals surface area contributed by atoms with Gasteiger partial charge in [0.25, 0.3) is 0 Å². The van der Waals surface area contributed by atoms with Crippen LogP contribution in [0.2, 0.25) is 0 Å². The highest BCUT2D eigenvalue weighted by Gasteiger charge is 2.42. The average Bonchev–Trinajstić information content (AvgIpc) is 2.65. The van der Waals surface area contributed by atoms with Crippen molar-refractivity contribution in [2.24, 2.45) is 17.8 Å². The van der Waals surface area contributed by atoms with Gasteiger partial charge in [0.1, 0.15) is 5.78 Å². The second-order valence-corrected chi connectivity index (χ2v) is 7.90. The van der Waals surface area contributed by atoms with Crippen molar-refractivity contribution in [3.05, 3.63) is 29.8 Å². The molecule has 2 fully saturated rings. The Morgan fingerprint density at radius 3 is 2.41 bits per heavy atom. The summed E-state index contributed by atoms with van der Waals surface area (Å²) in [5.74, 6) is -2.05. The number of nitrogens with one attached hydrogen (secondary N) is 1. The molecule has 158 valence electrons. The van der Waals surface area contributed by atoms with Crippen molar-refractivity contribution in [2.45, 2.75) is 51.7 Å². The molecule has 1 aromatic carbocycles. The highest BCUT2D eigenvalue weighted by molar-refractivity contribution is 5.95. The molecule has 2 aliphatic rings. The van der Waals surface area contributed by atoms with Crippen molar-refractivity contribution in [3.63, 3.8) is 0 Å². The maximum Gasteiger partial charge on any atom is 0.471 e. The first-order valence-corrected chi connectivity index (χ1v) is 9.98. The highest BCUT2D eigenvalue weighted by Crippen LogP contribution is 2.40. The smallest absolute Gasteiger partial charge is 0.331 e. The molecule has 0 heterocycles. The van der Waals surface area contributed by atoms with E-state index in [-0.39, 0.29) is 42.5 Å². The average molecular weight is 410 g/mol. The molecule has 0 radical (unpaired) electrons. The van der Waals surface area contributed by atoms with Crippen LogP contribution in [0, 0.1) is 17.8 Å². The van der Waals surface area contributed by atoms with E-state index in [9.17, 15) is 27.6 Å². The Morgan fingerprint density at radius 2 is 1.83 bits per heavy atom. The van der Waals surface area contributed by atoms with Gasteiger partial charge < -0.3 is 10.2 Å². The van der Waals surface area contributed by atoms with Crippen LogP contribution < -0.4 is 5.32 Å². The molecule has 29 heavy (non-hydrogen) atoms. The topological polar surface area (TPSA) is 66.5 Å². The minimum Gasteiger partial charge on any atom is -0.331 e. The Balaban J connectivity index is 1.64. The zero-order valence-electron chi connectivity index (χ0n) is 16.3. The van der Waals surface area contributed by atoms with E-state index in [2.05, 4.69) is 5.32 Å². The van der Waals surface area contributed by atoms with Gasteiger partial charge in [-0.2, -0.15) is 13.2 Å². The number of hydrogen-bond acceptors (Lipinski definition) is 3. The van der Waals surface area contributed by atoms with Crippen LogP contribution in [-0.4, -0.2) is 35.2 Å². The van der Waals surface area contributed by atoms with Crippen LogP contribution in [0.25, 0.3) is 0 Å². The lowest BCUT2D eigenvalue weighted by molar-refractivity contribution is -0.185. The van der Waals surface area contributed by atoms with E-state index < -0.39 is 12.1 Å². The number of alkyl halides is 3. The zero-order chi connectivity index (χ0) is 21.2. The summed E-state index contributed by atoms with van der Waals surface area (Å²) in [6, 6.07) is 6.50. The van der Waals surface area contributed by atoms with Gasteiger partial charge in [0.05, 0.1) is 0 Å². The molecule has 1 unspecified atom stereocenters. The summed E-state index contributed by atoms with van der Waals surface area (Å²) in [5, 5.41) is 2.83. The van der Waals surface area contributed by atoms with Gasteiger partial charge in [-0.15, -0.1) is 0 Å². The third-order valence-corrected chi connectivity index (χ3v) is 5.90. The fourth-order valence-electron chi connectivity index (χ4n) is 4.41. The third-order valence-electron chi connectivity index (χ3n) is 5.90. The number of carbonyl (C=O) groups excluding carboxylic acids is 3. The zero-order valence-corrected chi connectivity index (χ0v) is 16.3. The normalized spacial score (nSPS) is 24.1. The first kappa shape index (κ1) is 21.3. The van der Waals surface area contributed by atoms with Crippen molar-refractivity contribution in [1.82, 2.24) is 4.90 Å². The Labute approximate surface area is 167 Å². The van der Waals surface area contributed by atoms with Crippen LogP contribution in [0.1, 0.15) is 44.6 Å². The summed E-state index contributed by atoms with van der Waals surface area (Å²) in [4.78, 5) is 37.1. The second-order valence-electron chi connectivity index (χ2n) is 7.90. The molecule has 1 aromatic rings. The number of ketones is 1. The Hall–Kier alpha value is -2.38. The summed E-state index contributed by atoms with van der Waals surface area (Å²) < 4.78 is 38.1. The van der Waals surface area contributed by atoms with Gasteiger partial charge in [0, 0.05) is 36.5 Å². The van der Waals surface area contributed by atoms with Gasteiger partial charge >= 0.3 is 12.1 Å². The van der Waals surface area contributed by atoms with Crippen LogP contribution in [-0.2, 0) is 20.9 Å². The van der Waals surface area contributed by atoms with E-state index in [4.69, 9.17) is 0 Å². The van der Waals surface area contributed by atoms with Crippen LogP contribution in [0.5, 0.6) is 0 Å². The number of fused-ring (bicyclic) bond motifs is 2. The van der Waals surface area contributed by atoms with Crippen molar-refractivity contribution in [3.8, 4) is 0 Å². The molecule has 2 amide bonds. The maximum atomic E-state index is 12.7. The standard InChI is InChI=1S/C21H25F3N2O3/c1-2-26(20(29)21(22,23)24)12-13-5-3-8-17(9-13)25-19(28)16-10-14-6-4-7-15(11-16)18(14)27/h3,5,8-9,14-16H,2,4,6-7,10-12H2,1H3,(H,25,28)/t14-,15+,16?. The van der Waals surface area contributed by atoms with Gasteiger partial charge in [0.2, 0.25) is 5.91 Å². The van der Waals surface area contributed by atoms with E-state index in [0.29, 0.717) is 24.1 Å². The molecule has 0 spiro atoms. The molecule has 3 rings (SSSR count). The second kappa shape index (κ2) is 8.55. The maximum absolute atomic E-state index is 12.7. The Kier molecular flexibility index (Phi) is 6.29. The monoisotopic (exact) mass is 410 g/mol. The molecule has 0 aromatic heterocycles. The molecule has 8 heteroatoms. The quantitative estimate of drug-likeness (QED) is 0.800. The van der Waals surface area contributed by atoms with Crippen LogP contribution >= 0.6 is 0 Å². The molecule has 5 nitrogen and oxygen atoms in total. The molecule has 2 saturated carbocycles. The van der Waals surface area contributed by atoms with Crippen LogP contribution in [0.3, 0.4) is 0 Å². The van der Waals surface area contributed by atoms with Crippen LogP contribution in [0.15, 0.2) is 24.3 Å². The molecule has 2 bridgehead atoms. The lowest BCUT2D eigenvalue weighted by atomic mass is 9.67. The summed E-state index contributed by atoms with van der Waals surface area (Å²) in [7, 11) is 0. The molecule has 1 N–H and O–H groups in total. The lowest BCUT2D eigenvalue weighted by Gasteiger charge is -2.36. The number of halogens is 3. The molecule has 0 aliphatic heterocycles. The van der Waals surface area contributed by atoms with Gasteiger partial charge in [0.15, 0.2) is 0 Å². The number of rotatable bonds is 5. The molecule has 2 aliphatic carbocycles. The predicted octanol–water partition coefficient (Wildman–Crippen LogP) is 3.93. The number of nitrogens with zero attached hydrogens (tertiary/aromatic N) is 1. The third kappa shape index (κ3) is 4.97. The minimum absolute atomic E-state index is 0.0314. The molecular formula is C21H25F3N2O3. The van der Waals surface area contributed by atoms with E-state index in [1.807, 2.05) is 0 Å². The number of benzene rings is 1. The lowest BCUT2D eigenvalue weighted by Crippen LogP contribution is -2.40. The molecule has 0 saturated heterocycles. The van der Waals surface area contributed by atoms with Gasteiger partial charge in [-0.1, -0.05) is 18.6 Å². The summed E-state index contributed by atoms with van der Waals surface area (Å²) in [5.41, 5.74) is 0.975. The number of amides is 2. The van der Waals surface area contributed by atoms with Crippen molar-refractivity contribution in [2.75, 3.05) is 11.9 Å². The fourth-order valence-corrected chi connectivity index (χ4v) is 4.41. The SMILES string of the molecule is CCN(Cc1cccc(NC(=O)C2C[C@H]3CCC[C@@H](C2)C3=O)c1)C(=O)C(F)(F)F. The number of hydrogen-bond donors (Lipinski definition) is 1. The van der Waals surface area contributed by atoms with Gasteiger partial charge in [-0.25, -0.2) is 0 Å². The van der Waals surface area contributed by atoms with Gasteiger partial charge in [-0.3, -0.25) is 14.4 Å². The highest BCUT2D eigenvalue weighted by atomic mass is 19.4. The largest absolute Gasteiger partial charge is 0.471 e.